The van der Waals surface area contributed by atoms with Crippen molar-refractivity contribution in [2.45, 2.75) is 52.2 Å². The number of aromatic nitrogens is 2. The molecule has 33 heavy (non-hydrogen) atoms. The average Bonchev–Trinajstić information content (AvgIpc) is 3.14. The molecule has 1 fully saturated rings. The molecule has 2 aliphatic rings. The first-order chi connectivity index (χ1) is 15.8. The summed E-state index contributed by atoms with van der Waals surface area (Å²) in [4.78, 5) is 23.8. The summed E-state index contributed by atoms with van der Waals surface area (Å²) in [7, 11) is 0. The van der Waals surface area contributed by atoms with E-state index in [2.05, 4.69) is 22.2 Å². The second-order valence-electron chi connectivity index (χ2n) is 8.70. The van der Waals surface area contributed by atoms with Crippen molar-refractivity contribution in [3.8, 4) is 5.75 Å². The number of hydrogen-bond acceptors (Lipinski definition) is 6. The zero-order valence-electron chi connectivity index (χ0n) is 19.1. The van der Waals surface area contributed by atoms with Gasteiger partial charge in [0.2, 0.25) is 0 Å². The first kappa shape index (κ1) is 23.4. The smallest absolute Gasteiger partial charge is 0.258 e. The van der Waals surface area contributed by atoms with Gasteiger partial charge in [-0.05, 0) is 51.8 Å². The molecule has 2 heterocycles. The van der Waals surface area contributed by atoms with Gasteiger partial charge in [0.15, 0.2) is 5.82 Å². The number of ether oxygens (including phenoxy) is 1. The topological polar surface area (TPSA) is 93.4 Å². The van der Waals surface area contributed by atoms with Gasteiger partial charge in [-0.3, -0.25) is 4.79 Å². The van der Waals surface area contributed by atoms with E-state index in [9.17, 15) is 9.18 Å². The highest BCUT2D eigenvalue weighted by Gasteiger charge is 2.33. The van der Waals surface area contributed by atoms with Crippen LogP contribution in [0.1, 0.15) is 53.8 Å². The summed E-state index contributed by atoms with van der Waals surface area (Å²) in [6.45, 7) is 7.19. The molecule has 0 spiro atoms. The minimum absolute atomic E-state index is 0.0431. The maximum Gasteiger partial charge on any atom is 0.258 e. The van der Waals surface area contributed by atoms with Crippen LogP contribution in [0.15, 0.2) is 23.9 Å². The van der Waals surface area contributed by atoms with E-state index in [4.69, 9.17) is 22.1 Å². The molecule has 1 aromatic carbocycles. The second-order valence-corrected chi connectivity index (χ2v) is 9.08. The third-order valence-corrected chi connectivity index (χ3v) is 6.63. The van der Waals surface area contributed by atoms with Crippen LogP contribution in [-0.2, 0) is 0 Å². The van der Waals surface area contributed by atoms with Crippen LogP contribution in [0.25, 0.3) is 5.57 Å². The minimum atomic E-state index is -0.443. The highest BCUT2D eigenvalue weighted by Crippen LogP contribution is 2.32. The number of benzene rings is 1. The number of nitrogens with two attached hydrogens (primary N) is 1. The van der Waals surface area contributed by atoms with Crippen molar-refractivity contribution in [2.75, 3.05) is 19.6 Å². The van der Waals surface area contributed by atoms with E-state index < -0.39 is 5.82 Å². The minimum Gasteiger partial charge on any atom is -0.489 e. The standard InChI is InChI=1S/C24H29ClFN5O2/c1-4-7-28-16-9-17(10-16)33-21-8-15(26)5-6-18(21)24(32)31-11-19(20(27)12-31)23-29-13(2)22(25)14(3)30-23/h5-6,8,16-17,28H,4,7,9-12,27H2,1-3H3. The highest BCUT2D eigenvalue weighted by atomic mass is 35.5. The SMILES string of the molecule is CCCNC1CC(Oc2cc(F)ccc2C(=O)N2CC(N)=C(c3nc(C)c(Cl)c(C)n3)C2)C1. The number of carbonyl (C=O) groups excluding carboxylic acids is 1. The molecule has 0 atom stereocenters. The fourth-order valence-electron chi connectivity index (χ4n) is 4.14. The lowest BCUT2D eigenvalue weighted by atomic mass is 9.89. The molecule has 1 aliphatic carbocycles. The van der Waals surface area contributed by atoms with Gasteiger partial charge in [0.05, 0.1) is 35.1 Å². The van der Waals surface area contributed by atoms with Gasteiger partial charge in [-0.1, -0.05) is 18.5 Å². The van der Waals surface area contributed by atoms with Crippen molar-refractivity contribution in [3.05, 3.63) is 57.5 Å². The number of carbonyl (C=O) groups is 1. The number of halogens is 2. The molecule has 1 amide bonds. The van der Waals surface area contributed by atoms with Crippen LogP contribution in [0.3, 0.4) is 0 Å². The molecule has 7 nitrogen and oxygen atoms in total. The lowest BCUT2D eigenvalue weighted by molar-refractivity contribution is 0.0737. The Morgan fingerprint density at radius 2 is 1.97 bits per heavy atom. The second kappa shape index (κ2) is 9.65. The Balaban J connectivity index is 1.48. The Hall–Kier alpha value is -2.71. The summed E-state index contributed by atoms with van der Waals surface area (Å²) >= 11 is 6.19. The van der Waals surface area contributed by atoms with E-state index >= 15 is 0 Å². The molecule has 2 aromatic rings. The van der Waals surface area contributed by atoms with E-state index in [-0.39, 0.29) is 30.9 Å². The molecule has 9 heteroatoms. The summed E-state index contributed by atoms with van der Waals surface area (Å²) in [5, 5.41) is 3.96. The monoisotopic (exact) mass is 473 g/mol. The molecular weight excluding hydrogens is 445 g/mol. The molecular formula is C24H29ClFN5O2. The van der Waals surface area contributed by atoms with Crippen molar-refractivity contribution >= 4 is 23.1 Å². The van der Waals surface area contributed by atoms with Gasteiger partial charge in [-0.25, -0.2) is 14.4 Å². The van der Waals surface area contributed by atoms with Gasteiger partial charge >= 0.3 is 0 Å². The van der Waals surface area contributed by atoms with Crippen molar-refractivity contribution in [1.29, 1.82) is 0 Å². The summed E-state index contributed by atoms with van der Waals surface area (Å²) in [6.07, 6.45) is 2.69. The lowest BCUT2D eigenvalue weighted by Crippen LogP contribution is -2.47. The van der Waals surface area contributed by atoms with Crippen LogP contribution < -0.4 is 15.8 Å². The van der Waals surface area contributed by atoms with Crippen LogP contribution in [-0.4, -0.2) is 52.6 Å². The molecule has 0 unspecified atom stereocenters. The Morgan fingerprint density at radius 1 is 1.27 bits per heavy atom. The third kappa shape index (κ3) is 4.96. The summed E-state index contributed by atoms with van der Waals surface area (Å²) in [5.74, 6) is 0.0189. The number of hydrogen-bond donors (Lipinski definition) is 2. The Morgan fingerprint density at radius 3 is 2.64 bits per heavy atom. The zero-order valence-corrected chi connectivity index (χ0v) is 19.9. The average molecular weight is 474 g/mol. The van der Waals surface area contributed by atoms with Crippen molar-refractivity contribution in [3.63, 3.8) is 0 Å². The summed E-state index contributed by atoms with van der Waals surface area (Å²) in [5.41, 5.74) is 9.11. The molecule has 1 aliphatic heterocycles. The van der Waals surface area contributed by atoms with Crippen LogP contribution in [0.5, 0.6) is 5.75 Å². The predicted octanol–water partition coefficient (Wildman–Crippen LogP) is 3.62. The van der Waals surface area contributed by atoms with Gasteiger partial charge < -0.3 is 20.7 Å². The number of nitrogens with one attached hydrogen (secondary N) is 1. The molecule has 0 saturated heterocycles. The number of rotatable bonds is 7. The van der Waals surface area contributed by atoms with Crippen LogP contribution >= 0.6 is 11.6 Å². The van der Waals surface area contributed by atoms with Gasteiger partial charge in [-0.2, -0.15) is 0 Å². The number of nitrogens with zero attached hydrogens (tertiary/aromatic N) is 3. The fourth-order valence-corrected chi connectivity index (χ4v) is 4.23. The largest absolute Gasteiger partial charge is 0.489 e. The predicted molar refractivity (Wildman–Crippen MR) is 126 cm³/mol. The van der Waals surface area contributed by atoms with Crippen molar-refractivity contribution in [1.82, 2.24) is 20.2 Å². The molecule has 1 saturated carbocycles. The molecule has 0 bridgehead atoms. The molecule has 176 valence electrons. The Bertz CT molecular complexity index is 1080. The first-order valence-corrected chi connectivity index (χ1v) is 11.6. The van der Waals surface area contributed by atoms with Gasteiger partial charge in [0.1, 0.15) is 17.7 Å². The summed E-state index contributed by atoms with van der Waals surface area (Å²) < 4.78 is 20.0. The van der Waals surface area contributed by atoms with E-state index in [0.717, 1.165) is 25.8 Å². The quantitative estimate of drug-likeness (QED) is 0.638. The van der Waals surface area contributed by atoms with E-state index in [1.54, 1.807) is 18.7 Å². The van der Waals surface area contributed by atoms with Gasteiger partial charge in [-0.15, -0.1) is 0 Å². The molecule has 3 N–H and O–H groups in total. The number of amides is 1. The maximum atomic E-state index is 14.0. The highest BCUT2D eigenvalue weighted by molar-refractivity contribution is 6.31. The van der Waals surface area contributed by atoms with Gasteiger partial charge in [0.25, 0.3) is 5.91 Å². The Kier molecular flexibility index (Phi) is 6.86. The van der Waals surface area contributed by atoms with E-state index in [0.29, 0.717) is 45.1 Å². The lowest BCUT2D eigenvalue weighted by Gasteiger charge is -2.36. The Labute approximate surface area is 198 Å². The molecule has 1 aromatic heterocycles. The molecule has 4 rings (SSSR count). The third-order valence-electron chi connectivity index (χ3n) is 6.08. The zero-order chi connectivity index (χ0) is 23.7. The van der Waals surface area contributed by atoms with Crippen molar-refractivity contribution in [2.24, 2.45) is 5.73 Å². The van der Waals surface area contributed by atoms with Gasteiger partial charge in [0, 0.05) is 23.4 Å². The van der Waals surface area contributed by atoms with Crippen LogP contribution in [0, 0.1) is 19.7 Å². The van der Waals surface area contributed by atoms with Crippen LogP contribution in [0.4, 0.5) is 4.39 Å². The summed E-state index contributed by atoms with van der Waals surface area (Å²) in [6, 6.07) is 4.43. The normalized spacial score (nSPS) is 20.2. The molecule has 0 radical (unpaired) electrons. The number of aryl methyl sites for hydroxylation is 2. The first-order valence-electron chi connectivity index (χ1n) is 11.2. The van der Waals surface area contributed by atoms with E-state index in [1.807, 2.05) is 0 Å². The van der Waals surface area contributed by atoms with Crippen LogP contribution in [0.2, 0.25) is 5.02 Å². The fraction of sp³-hybridized carbons (Fsp3) is 0.458. The van der Waals surface area contributed by atoms with Crippen molar-refractivity contribution < 1.29 is 13.9 Å². The van der Waals surface area contributed by atoms with E-state index in [1.165, 1.54) is 18.2 Å². The maximum absolute atomic E-state index is 14.0.